The molecule has 7 nitrogen and oxygen atoms in total. The summed E-state index contributed by atoms with van der Waals surface area (Å²) in [7, 11) is 1.21. The van der Waals surface area contributed by atoms with E-state index in [-0.39, 0.29) is 11.8 Å². The van der Waals surface area contributed by atoms with Gasteiger partial charge >= 0.3 is 18.0 Å². The van der Waals surface area contributed by atoms with Crippen molar-refractivity contribution in [2.75, 3.05) is 7.11 Å². The first kappa shape index (κ1) is 17.2. The zero-order valence-electron chi connectivity index (χ0n) is 11.8. The van der Waals surface area contributed by atoms with Gasteiger partial charge < -0.3 is 19.9 Å². The van der Waals surface area contributed by atoms with Gasteiger partial charge in [-0.05, 0) is 5.92 Å². The third kappa shape index (κ3) is 5.58. The molecule has 2 N–H and O–H groups in total. The van der Waals surface area contributed by atoms with E-state index in [1.54, 1.807) is 27.7 Å². The molecule has 0 bridgehead atoms. The summed E-state index contributed by atoms with van der Waals surface area (Å²) in [4.78, 5) is 33.9. The molecule has 1 amide bonds. The molecule has 0 aromatic heterocycles. The lowest BCUT2D eigenvalue weighted by Gasteiger charge is -2.22. The molecule has 0 saturated heterocycles. The van der Waals surface area contributed by atoms with Gasteiger partial charge in [-0.3, -0.25) is 0 Å². The lowest BCUT2D eigenvalue weighted by molar-refractivity contribution is -0.149. The van der Waals surface area contributed by atoms with Gasteiger partial charge in [0.25, 0.3) is 0 Å². The highest BCUT2D eigenvalue weighted by atomic mass is 16.6. The summed E-state index contributed by atoms with van der Waals surface area (Å²) in [5.41, 5.74) is 0. The monoisotopic (exact) mass is 275 g/mol. The van der Waals surface area contributed by atoms with Gasteiger partial charge in [-0.1, -0.05) is 27.7 Å². The predicted molar refractivity (Wildman–Crippen MR) is 66.5 cm³/mol. The maximum atomic E-state index is 11.6. The summed E-state index contributed by atoms with van der Waals surface area (Å²) in [5, 5.41) is 11.2. The minimum absolute atomic E-state index is 0.206. The summed E-state index contributed by atoms with van der Waals surface area (Å²) in [6.07, 6.45) is -2.21. The number of hydrogen-bond acceptors (Lipinski definition) is 5. The van der Waals surface area contributed by atoms with Crippen LogP contribution >= 0.6 is 0 Å². The van der Waals surface area contributed by atoms with Crippen molar-refractivity contribution in [3.8, 4) is 0 Å². The minimum Gasteiger partial charge on any atom is -0.478 e. The summed E-state index contributed by atoms with van der Waals surface area (Å²) in [5.74, 6) is -2.42. The fourth-order valence-corrected chi connectivity index (χ4v) is 1.37. The Morgan fingerprint density at radius 1 is 1.05 bits per heavy atom. The van der Waals surface area contributed by atoms with Crippen LogP contribution in [0.3, 0.4) is 0 Å². The lowest BCUT2D eigenvalue weighted by Crippen LogP contribution is -2.47. The lowest BCUT2D eigenvalue weighted by atomic mass is 10.1. The number of nitrogens with one attached hydrogen (secondary N) is 1. The quantitative estimate of drug-likeness (QED) is 0.702. The number of ether oxygens (including phenoxy) is 2. The molecule has 1 unspecified atom stereocenters. The van der Waals surface area contributed by atoms with Crippen molar-refractivity contribution in [2.24, 2.45) is 11.8 Å². The summed E-state index contributed by atoms with van der Waals surface area (Å²) >= 11 is 0. The molecule has 0 aliphatic heterocycles. The fraction of sp³-hybridized carbons (Fsp3) is 0.750. The summed E-state index contributed by atoms with van der Waals surface area (Å²) in [6.45, 7) is 6.68. The first-order valence-electron chi connectivity index (χ1n) is 5.98. The van der Waals surface area contributed by atoms with Crippen LogP contribution in [0, 0.1) is 11.8 Å². The van der Waals surface area contributed by atoms with Crippen molar-refractivity contribution in [3.63, 3.8) is 0 Å². The molecule has 0 radical (unpaired) electrons. The number of carbonyl (C=O) groups excluding carboxylic acids is 2. The first-order chi connectivity index (χ1) is 8.70. The Bertz CT molecular complexity index is 339. The second-order valence-corrected chi connectivity index (χ2v) is 4.80. The summed E-state index contributed by atoms with van der Waals surface area (Å²) < 4.78 is 9.34. The third-order valence-corrected chi connectivity index (χ3v) is 2.48. The number of carboxylic acids is 1. The number of rotatable bonds is 6. The molecule has 0 spiro atoms. The molecule has 0 heterocycles. The molecule has 19 heavy (non-hydrogen) atoms. The number of carbonyl (C=O) groups is 3. The van der Waals surface area contributed by atoms with Crippen LogP contribution in [0.5, 0.6) is 0 Å². The van der Waals surface area contributed by atoms with Crippen molar-refractivity contribution >= 4 is 18.0 Å². The Balaban J connectivity index is 4.66. The van der Waals surface area contributed by atoms with E-state index < -0.39 is 30.2 Å². The first-order valence-corrected chi connectivity index (χ1v) is 5.98. The zero-order valence-corrected chi connectivity index (χ0v) is 11.8. The van der Waals surface area contributed by atoms with Crippen LogP contribution in [0.25, 0.3) is 0 Å². The van der Waals surface area contributed by atoms with Crippen molar-refractivity contribution < 1.29 is 29.0 Å². The van der Waals surface area contributed by atoms with Gasteiger partial charge in [-0.25, -0.2) is 14.4 Å². The number of alkyl carbamates (subject to hydrolysis) is 1. The number of esters is 1. The normalized spacial score (nSPS) is 13.8. The van der Waals surface area contributed by atoms with Gasteiger partial charge in [0.1, 0.15) is 6.04 Å². The van der Waals surface area contributed by atoms with Crippen LogP contribution in [0.2, 0.25) is 0 Å². The van der Waals surface area contributed by atoms with Crippen LogP contribution in [0.15, 0.2) is 0 Å². The molecule has 2 atom stereocenters. The number of aliphatic carboxylic acids is 1. The van der Waals surface area contributed by atoms with Gasteiger partial charge in [0.15, 0.2) is 0 Å². The average Bonchev–Trinajstić information content (AvgIpc) is 2.30. The second kappa shape index (κ2) is 7.60. The van der Waals surface area contributed by atoms with E-state index >= 15 is 0 Å². The van der Waals surface area contributed by atoms with Crippen molar-refractivity contribution in [1.82, 2.24) is 5.32 Å². The number of hydrogen-bond donors (Lipinski definition) is 2. The van der Waals surface area contributed by atoms with Crippen LogP contribution in [-0.4, -0.2) is 42.4 Å². The van der Waals surface area contributed by atoms with Gasteiger partial charge in [0.05, 0.1) is 7.11 Å². The zero-order chi connectivity index (χ0) is 15.2. The van der Waals surface area contributed by atoms with E-state index in [9.17, 15) is 14.4 Å². The molecular formula is C12H21NO6. The molecule has 0 saturated carbocycles. The molecule has 0 aromatic rings. The molecular weight excluding hydrogens is 254 g/mol. The molecule has 0 aromatic carbocycles. The average molecular weight is 275 g/mol. The van der Waals surface area contributed by atoms with Crippen LogP contribution in [0.4, 0.5) is 4.79 Å². The Morgan fingerprint density at radius 3 is 1.89 bits per heavy atom. The Labute approximate surface area is 112 Å². The Hall–Kier alpha value is -1.79. The maximum absolute atomic E-state index is 11.6. The van der Waals surface area contributed by atoms with Gasteiger partial charge in [-0.2, -0.15) is 0 Å². The Kier molecular flexibility index (Phi) is 6.89. The maximum Gasteiger partial charge on any atom is 0.408 e. The van der Waals surface area contributed by atoms with Gasteiger partial charge in [0.2, 0.25) is 6.10 Å². The van der Waals surface area contributed by atoms with Crippen molar-refractivity contribution in [1.29, 1.82) is 0 Å². The standard InChI is InChI=1S/C12H21NO6/c1-6(2)8(11(16)18-5)13-12(17)19-9(7(3)4)10(14)15/h6-9H,1-5H3,(H,13,17)(H,14,15)/t8?,9-/m0/s1. The molecule has 7 heteroatoms. The molecule has 0 aliphatic rings. The van der Waals surface area contributed by atoms with E-state index in [0.717, 1.165) is 0 Å². The van der Waals surface area contributed by atoms with Crippen LogP contribution in [0.1, 0.15) is 27.7 Å². The predicted octanol–water partition coefficient (Wildman–Crippen LogP) is 1.02. The topological polar surface area (TPSA) is 102 Å². The molecule has 0 rings (SSSR count). The highest BCUT2D eigenvalue weighted by Crippen LogP contribution is 2.09. The SMILES string of the molecule is COC(=O)C(NC(=O)O[C@H](C(=O)O)C(C)C)C(C)C. The second-order valence-electron chi connectivity index (χ2n) is 4.80. The van der Waals surface area contributed by atoms with Crippen molar-refractivity contribution in [2.45, 2.75) is 39.8 Å². The van der Waals surface area contributed by atoms with Crippen LogP contribution in [-0.2, 0) is 19.1 Å². The number of methoxy groups -OCH3 is 1. The van der Waals surface area contributed by atoms with Crippen LogP contribution < -0.4 is 5.32 Å². The van der Waals surface area contributed by atoms with E-state index in [2.05, 4.69) is 10.1 Å². The van der Waals surface area contributed by atoms with Crippen molar-refractivity contribution in [3.05, 3.63) is 0 Å². The molecule has 0 fully saturated rings. The van der Waals surface area contributed by atoms with Gasteiger partial charge in [0, 0.05) is 5.92 Å². The third-order valence-electron chi connectivity index (χ3n) is 2.48. The van der Waals surface area contributed by atoms with E-state index in [1.807, 2.05) is 0 Å². The highest BCUT2D eigenvalue weighted by Gasteiger charge is 2.30. The number of carboxylic acid groups (broad SMARTS) is 1. The summed E-state index contributed by atoms with van der Waals surface area (Å²) in [6, 6.07) is -0.876. The molecule has 0 aliphatic carbocycles. The Morgan fingerprint density at radius 2 is 1.58 bits per heavy atom. The molecule has 110 valence electrons. The van der Waals surface area contributed by atoms with Gasteiger partial charge in [-0.15, -0.1) is 0 Å². The highest BCUT2D eigenvalue weighted by molar-refractivity contribution is 5.83. The van der Waals surface area contributed by atoms with E-state index in [1.165, 1.54) is 7.11 Å². The smallest absolute Gasteiger partial charge is 0.408 e. The van der Waals surface area contributed by atoms with E-state index in [0.29, 0.717) is 0 Å². The minimum atomic E-state index is -1.26. The van der Waals surface area contributed by atoms with E-state index in [4.69, 9.17) is 9.84 Å². The fourth-order valence-electron chi connectivity index (χ4n) is 1.37. The number of amides is 1. The largest absolute Gasteiger partial charge is 0.478 e.